The molecule has 0 spiro atoms. The summed E-state index contributed by atoms with van der Waals surface area (Å²) >= 11 is 0. The van der Waals surface area contributed by atoms with Gasteiger partial charge in [-0.3, -0.25) is 15.0 Å². The van der Waals surface area contributed by atoms with Crippen molar-refractivity contribution in [3.05, 3.63) is 33.9 Å². The average Bonchev–Trinajstić information content (AvgIpc) is 2.41. The van der Waals surface area contributed by atoms with Crippen molar-refractivity contribution >= 4 is 17.3 Å². The van der Waals surface area contributed by atoms with Gasteiger partial charge in [-0.15, -0.1) is 0 Å². The molecule has 1 fully saturated rings. The number of nitro groups is 1. The zero-order chi connectivity index (χ0) is 15.8. The third-order valence-electron chi connectivity index (χ3n) is 4.08. The van der Waals surface area contributed by atoms with Crippen LogP contribution in [0.5, 0.6) is 0 Å². The van der Waals surface area contributed by atoms with E-state index < -0.39 is 10.9 Å². The molecule has 0 unspecified atom stereocenters. The smallest absolute Gasteiger partial charge is 0.335 e. The standard InChI is InChI=1S/C14H19N3O4/c1-14(2)9-16(7-6-15(14)3)11-5-4-10(13(18)19)8-12(11)17(20)21/h4-5,8H,6-7,9H2,1-3H3,(H,18,19). The molecule has 0 atom stereocenters. The maximum Gasteiger partial charge on any atom is 0.335 e. The van der Waals surface area contributed by atoms with Gasteiger partial charge < -0.3 is 10.0 Å². The average molecular weight is 293 g/mol. The van der Waals surface area contributed by atoms with E-state index in [0.29, 0.717) is 18.8 Å². The highest BCUT2D eigenvalue weighted by Gasteiger charge is 2.33. The molecule has 0 amide bonds. The lowest BCUT2D eigenvalue weighted by Crippen LogP contribution is -2.57. The molecule has 1 heterocycles. The molecule has 2 rings (SSSR count). The molecule has 1 saturated heterocycles. The number of likely N-dealkylation sites (N-methyl/N-ethyl adjacent to an activating group) is 1. The van der Waals surface area contributed by atoms with E-state index in [-0.39, 0.29) is 16.8 Å². The summed E-state index contributed by atoms with van der Waals surface area (Å²) < 4.78 is 0. The van der Waals surface area contributed by atoms with Crippen molar-refractivity contribution in [1.82, 2.24) is 4.90 Å². The second kappa shape index (κ2) is 5.33. The number of rotatable bonds is 3. The van der Waals surface area contributed by atoms with Crippen molar-refractivity contribution in [1.29, 1.82) is 0 Å². The summed E-state index contributed by atoms with van der Waals surface area (Å²) in [5.74, 6) is -1.16. The summed E-state index contributed by atoms with van der Waals surface area (Å²) in [6.07, 6.45) is 0. The van der Waals surface area contributed by atoms with Gasteiger partial charge in [-0.1, -0.05) is 0 Å². The molecule has 1 N–H and O–H groups in total. The Morgan fingerprint density at radius 1 is 1.38 bits per heavy atom. The number of hydrogen-bond acceptors (Lipinski definition) is 5. The minimum absolute atomic E-state index is 0.0705. The Bertz CT molecular complexity index is 586. The SMILES string of the molecule is CN1CCN(c2ccc(C(=O)O)cc2[N+](=O)[O-])CC1(C)C. The van der Waals surface area contributed by atoms with Crippen molar-refractivity contribution in [3.63, 3.8) is 0 Å². The number of piperazine rings is 1. The highest BCUT2D eigenvalue weighted by molar-refractivity contribution is 5.89. The number of anilines is 1. The molecular weight excluding hydrogens is 274 g/mol. The van der Waals surface area contributed by atoms with Gasteiger partial charge in [0.2, 0.25) is 0 Å². The number of hydrogen-bond donors (Lipinski definition) is 1. The van der Waals surface area contributed by atoms with Gasteiger partial charge in [0.05, 0.1) is 10.5 Å². The first kappa shape index (κ1) is 15.2. The molecule has 1 aliphatic heterocycles. The molecule has 0 saturated carbocycles. The van der Waals surface area contributed by atoms with Crippen LogP contribution in [-0.2, 0) is 0 Å². The molecule has 1 aliphatic rings. The summed E-state index contributed by atoms with van der Waals surface area (Å²) in [5.41, 5.74) is 0.151. The molecule has 0 bridgehead atoms. The second-order valence-electron chi connectivity index (χ2n) is 5.92. The maximum absolute atomic E-state index is 11.2. The summed E-state index contributed by atoms with van der Waals surface area (Å²) in [6.45, 7) is 6.28. The van der Waals surface area contributed by atoms with Gasteiger partial charge in [0.25, 0.3) is 5.69 Å². The Hall–Kier alpha value is -2.15. The molecule has 7 nitrogen and oxygen atoms in total. The fourth-order valence-electron chi connectivity index (χ4n) is 2.52. The highest BCUT2D eigenvalue weighted by Crippen LogP contribution is 2.32. The van der Waals surface area contributed by atoms with E-state index in [2.05, 4.69) is 18.7 Å². The van der Waals surface area contributed by atoms with E-state index in [0.717, 1.165) is 12.6 Å². The number of carboxylic acids is 1. The van der Waals surface area contributed by atoms with Crippen LogP contribution in [0, 0.1) is 10.1 Å². The zero-order valence-corrected chi connectivity index (χ0v) is 12.4. The van der Waals surface area contributed by atoms with Gasteiger partial charge in [0, 0.05) is 31.2 Å². The van der Waals surface area contributed by atoms with Crippen LogP contribution in [0.25, 0.3) is 0 Å². The van der Waals surface area contributed by atoms with Crippen LogP contribution >= 0.6 is 0 Å². The monoisotopic (exact) mass is 293 g/mol. The number of carboxylic acid groups (broad SMARTS) is 1. The van der Waals surface area contributed by atoms with Gasteiger partial charge in [0.1, 0.15) is 5.69 Å². The van der Waals surface area contributed by atoms with E-state index in [9.17, 15) is 14.9 Å². The van der Waals surface area contributed by atoms with E-state index in [1.165, 1.54) is 12.1 Å². The molecule has 0 aromatic heterocycles. The molecule has 1 aromatic carbocycles. The van der Waals surface area contributed by atoms with Crippen LogP contribution < -0.4 is 4.90 Å². The predicted molar refractivity (Wildman–Crippen MR) is 79.0 cm³/mol. The van der Waals surface area contributed by atoms with Crippen LogP contribution in [0.15, 0.2) is 18.2 Å². The highest BCUT2D eigenvalue weighted by atomic mass is 16.6. The third-order valence-corrected chi connectivity index (χ3v) is 4.08. The first-order valence-corrected chi connectivity index (χ1v) is 6.70. The number of nitrogens with zero attached hydrogens (tertiary/aromatic N) is 3. The summed E-state index contributed by atoms with van der Waals surface area (Å²) in [7, 11) is 2.03. The first-order chi connectivity index (χ1) is 9.72. The van der Waals surface area contributed by atoms with Gasteiger partial charge in [-0.05, 0) is 33.0 Å². The Labute approximate surface area is 122 Å². The summed E-state index contributed by atoms with van der Waals surface area (Å²) in [4.78, 5) is 25.8. The largest absolute Gasteiger partial charge is 0.478 e. The number of benzene rings is 1. The Morgan fingerprint density at radius 2 is 2.05 bits per heavy atom. The van der Waals surface area contributed by atoms with Crippen molar-refractivity contribution in [2.75, 3.05) is 31.6 Å². The molecule has 114 valence electrons. The third kappa shape index (κ3) is 2.97. The van der Waals surface area contributed by atoms with Crippen molar-refractivity contribution in [3.8, 4) is 0 Å². The van der Waals surface area contributed by atoms with Crippen LogP contribution in [0.2, 0.25) is 0 Å². The van der Waals surface area contributed by atoms with E-state index >= 15 is 0 Å². The van der Waals surface area contributed by atoms with Crippen LogP contribution in [0.4, 0.5) is 11.4 Å². The molecular formula is C14H19N3O4. The number of nitro benzene ring substituents is 1. The molecule has 0 aliphatic carbocycles. The normalized spacial score (nSPS) is 18.5. The van der Waals surface area contributed by atoms with Gasteiger partial charge >= 0.3 is 5.97 Å². The fourth-order valence-corrected chi connectivity index (χ4v) is 2.52. The van der Waals surface area contributed by atoms with Crippen LogP contribution in [-0.4, -0.2) is 53.1 Å². The van der Waals surface area contributed by atoms with Gasteiger partial charge in [-0.2, -0.15) is 0 Å². The van der Waals surface area contributed by atoms with Crippen LogP contribution in [0.1, 0.15) is 24.2 Å². The molecule has 21 heavy (non-hydrogen) atoms. The summed E-state index contributed by atoms with van der Waals surface area (Å²) in [6, 6.07) is 4.07. The molecule has 0 radical (unpaired) electrons. The van der Waals surface area contributed by atoms with Crippen molar-refractivity contribution in [2.45, 2.75) is 19.4 Å². The van der Waals surface area contributed by atoms with E-state index in [1.54, 1.807) is 0 Å². The van der Waals surface area contributed by atoms with Gasteiger partial charge in [0.15, 0.2) is 0 Å². The minimum atomic E-state index is -1.16. The number of carbonyl (C=O) groups is 1. The Balaban J connectivity index is 2.40. The van der Waals surface area contributed by atoms with Crippen molar-refractivity contribution < 1.29 is 14.8 Å². The Morgan fingerprint density at radius 3 is 2.57 bits per heavy atom. The zero-order valence-electron chi connectivity index (χ0n) is 12.4. The summed E-state index contributed by atoms with van der Waals surface area (Å²) in [5, 5.41) is 20.2. The van der Waals surface area contributed by atoms with E-state index in [4.69, 9.17) is 5.11 Å². The maximum atomic E-state index is 11.2. The predicted octanol–water partition coefficient (Wildman–Crippen LogP) is 1.82. The molecule has 1 aromatic rings. The quantitative estimate of drug-likeness (QED) is 0.675. The van der Waals surface area contributed by atoms with E-state index in [1.807, 2.05) is 11.9 Å². The number of aromatic carboxylic acids is 1. The second-order valence-corrected chi connectivity index (χ2v) is 5.92. The lowest BCUT2D eigenvalue weighted by molar-refractivity contribution is -0.384. The van der Waals surface area contributed by atoms with Gasteiger partial charge in [-0.25, -0.2) is 4.79 Å². The lowest BCUT2D eigenvalue weighted by Gasteiger charge is -2.46. The first-order valence-electron chi connectivity index (χ1n) is 6.70. The topological polar surface area (TPSA) is 86.9 Å². The molecule has 7 heteroatoms. The minimum Gasteiger partial charge on any atom is -0.478 e. The van der Waals surface area contributed by atoms with Crippen LogP contribution in [0.3, 0.4) is 0 Å². The fraction of sp³-hybridized carbons (Fsp3) is 0.500. The van der Waals surface area contributed by atoms with Crippen molar-refractivity contribution in [2.24, 2.45) is 0 Å². The lowest BCUT2D eigenvalue weighted by atomic mass is 9.99. The Kier molecular flexibility index (Phi) is 3.87.